The zero-order valence-corrected chi connectivity index (χ0v) is 8.36. The Labute approximate surface area is 90.8 Å². The maximum absolute atomic E-state index is 10.1. The molecule has 0 fully saturated rings. The molecule has 2 rings (SSSR count). The molecule has 0 aliphatic rings. The van der Waals surface area contributed by atoms with Gasteiger partial charge in [0.25, 0.3) is 0 Å². The van der Waals surface area contributed by atoms with E-state index in [9.17, 15) is 4.79 Å². The number of carbonyl (C=O) groups is 1. The average Bonchev–Trinajstić information content (AvgIpc) is 2.68. The first-order valence-electron chi connectivity index (χ1n) is 4.22. The van der Waals surface area contributed by atoms with Crippen molar-refractivity contribution in [1.82, 2.24) is 5.16 Å². The summed E-state index contributed by atoms with van der Waals surface area (Å²) in [5.41, 5.74) is 1.53. The van der Waals surface area contributed by atoms with Crippen molar-refractivity contribution in [3.8, 4) is 11.3 Å². The number of hydrogen-bond donors (Lipinski definition) is 1. The van der Waals surface area contributed by atoms with E-state index in [1.165, 1.54) is 0 Å². The van der Waals surface area contributed by atoms with E-state index in [0.29, 0.717) is 23.0 Å². The fourth-order valence-corrected chi connectivity index (χ4v) is 1.28. The lowest BCUT2D eigenvalue weighted by atomic mass is 10.1. The number of rotatable bonds is 3. The molecule has 0 aliphatic heterocycles. The summed E-state index contributed by atoms with van der Waals surface area (Å²) in [4.78, 5) is 10.1. The normalized spacial score (nSPS) is 9.93. The first-order chi connectivity index (χ1) is 7.29. The first-order valence-corrected chi connectivity index (χ1v) is 4.60. The molecule has 5 heteroatoms. The van der Waals surface area contributed by atoms with Gasteiger partial charge in [0.1, 0.15) is 5.69 Å². The third kappa shape index (κ3) is 2.16. The Kier molecular flexibility index (Phi) is 2.69. The molecule has 1 aromatic carbocycles. The van der Waals surface area contributed by atoms with E-state index >= 15 is 0 Å². The van der Waals surface area contributed by atoms with Crippen molar-refractivity contribution in [2.24, 2.45) is 0 Å². The summed E-state index contributed by atoms with van der Waals surface area (Å²) in [6, 6.07) is 8.81. The van der Waals surface area contributed by atoms with E-state index in [1.54, 1.807) is 18.2 Å². The fraction of sp³-hybridized carbons (Fsp3) is 0. The highest BCUT2D eigenvalue weighted by Gasteiger charge is 2.05. The molecule has 15 heavy (non-hydrogen) atoms. The lowest BCUT2D eigenvalue weighted by molar-refractivity contribution is -0.105. The van der Waals surface area contributed by atoms with Crippen molar-refractivity contribution >= 4 is 23.9 Å². The average molecular weight is 223 g/mol. The van der Waals surface area contributed by atoms with Gasteiger partial charge in [-0.1, -0.05) is 28.9 Å². The Morgan fingerprint density at radius 3 is 2.73 bits per heavy atom. The highest BCUT2D eigenvalue weighted by Crippen LogP contribution is 2.22. The Morgan fingerprint density at radius 2 is 2.07 bits per heavy atom. The monoisotopic (exact) mass is 222 g/mol. The minimum Gasteiger partial charge on any atom is -0.338 e. The Hall–Kier alpha value is -1.81. The van der Waals surface area contributed by atoms with Crippen molar-refractivity contribution < 1.29 is 9.32 Å². The van der Waals surface area contributed by atoms with Crippen LogP contribution in [0.1, 0.15) is 0 Å². The quantitative estimate of drug-likeness (QED) is 0.812. The molecule has 2 aromatic rings. The molecular formula is C10H7ClN2O2. The number of hydrogen-bond acceptors (Lipinski definition) is 3. The van der Waals surface area contributed by atoms with Gasteiger partial charge in [0.15, 0.2) is 0 Å². The van der Waals surface area contributed by atoms with Gasteiger partial charge in [-0.3, -0.25) is 10.1 Å². The Balaban J connectivity index is 2.28. The van der Waals surface area contributed by atoms with Crippen LogP contribution in [0, 0.1) is 0 Å². The third-order valence-corrected chi connectivity index (χ3v) is 2.10. The minimum absolute atomic E-state index is 0.315. The SMILES string of the molecule is O=CNc1cc(-c2ccc(Cl)cc2)no1. The van der Waals surface area contributed by atoms with Crippen LogP contribution in [0.4, 0.5) is 5.88 Å². The van der Waals surface area contributed by atoms with E-state index in [0.717, 1.165) is 5.56 Å². The van der Waals surface area contributed by atoms with Crippen molar-refractivity contribution in [1.29, 1.82) is 0 Å². The molecule has 0 bridgehead atoms. The molecular weight excluding hydrogens is 216 g/mol. The Bertz CT molecular complexity index is 465. The van der Waals surface area contributed by atoms with Crippen LogP contribution >= 0.6 is 11.6 Å². The van der Waals surface area contributed by atoms with E-state index in [2.05, 4.69) is 10.5 Å². The molecule has 1 amide bonds. The molecule has 4 nitrogen and oxygen atoms in total. The minimum atomic E-state index is 0.315. The molecule has 0 saturated carbocycles. The molecule has 0 saturated heterocycles. The van der Waals surface area contributed by atoms with E-state index in [4.69, 9.17) is 16.1 Å². The van der Waals surface area contributed by atoms with Crippen LogP contribution < -0.4 is 5.32 Å². The van der Waals surface area contributed by atoms with Crippen LogP contribution in [0.15, 0.2) is 34.9 Å². The topological polar surface area (TPSA) is 55.1 Å². The smallest absolute Gasteiger partial charge is 0.231 e. The third-order valence-electron chi connectivity index (χ3n) is 1.85. The molecule has 1 N–H and O–H groups in total. The molecule has 0 atom stereocenters. The summed E-state index contributed by atoms with van der Waals surface area (Å²) in [5, 5.41) is 6.83. The second-order valence-electron chi connectivity index (χ2n) is 2.85. The first kappa shape index (κ1) is 9.73. The predicted octanol–water partition coefficient (Wildman–Crippen LogP) is 2.56. The largest absolute Gasteiger partial charge is 0.338 e. The number of nitrogens with one attached hydrogen (secondary N) is 1. The van der Waals surface area contributed by atoms with E-state index in [-0.39, 0.29) is 0 Å². The molecule has 1 heterocycles. The number of nitrogens with zero attached hydrogens (tertiary/aromatic N) is 1. The van der Waals surface area contributed by atoms with Crippen LogP contribution in [0.5, 0.6) is 0 Å². The van der Waals surface area contributed by atoms with Crippen molar-refractivity contribution in [2.45, 2.75) is 0 Å². The van der Waals surface area contributed by atoms with Crippen LogP contribution in [-0.2, 0) is 4.79 Å². The van der Waals surface area contributed by atoms with Gasteiger partial charge in [0.2, 0.25) is 12.3 Å². The second-order valence-corrected chi connectivity index (χ2v) is 3.28. The van der Waals surface area contributed by atoms with Crippen LogP contribution in [-0.4, -0.2) is 11.6 Å². The summed E-state index contributed by atoms with van der Waals surface area (Å²) in [6.07, 6.45) is 0.534. The molecule has 0 unspecified atom stereocenters. The van der Waals surface area contributed by atoms with Crippen molar-refractivity contribution in [3.63, 3.8) is 0 Å². The summed E-state index contributed by atoms with van der Waals surface area (Å²) in [5.74, 6) is 0.315. The summed E-state index contributed by atoms with van der Waals surface area (Å²) in [7, 11) is 0. The van der Waals surface area contributed by atoms with Crippen LogP contribution in [0.2, 0.25) is 5.02 Å². The molecule has 1 aromatic heterocycles. The van der Waals surface area contributed by atoms with Gasteiger partial charge >= 0.3 is 0 Å². The molecule has 0 radical (unpaired) electrons. The number of aromatic nitrogens is 1. The second kappa shape index (κ2) is 4.14. The van der Waals surface area contributed by atoms with Gasteiger partial charge in [-0.25, -0.2) is 0 Å². The molecule has 0 spiro atoms. The maximum Gasteiger partial charge on any atom is 0.231 e. The number of carbonyl (C=O) groups excluding carboxylic acids is 1. The molecule has 76 valence electrons. The maximum atomic E-state index is 10.1. The van der Waals surface area contributed by atoms with Gasteiger partial charge < -0.3 is 4.52 Å². The van der Waals surface area contributed by atoms with E-state index in [1.807, 2.05) is 12.1 Å². The summed E-state index contributed by atoms with van der Waals surface area (Å²) < 4.78 is 4.86. The van der Waals surface area contributed by atoms with E-state index < -0.39 is 0 Å². The van der Waals surface area contributed by atoms with Crippen LogP contribution in [0.3, 0.4) is 0 Å². The number of anilines is 1. The highest BCUT2D eigenvalue weighted by atomic mass is 35.5. The van der Waals surface area contributed by atoms with Gasteiger partial charge in [-0.05, 0) is 12.1 Å². The van der Waals surface area contributed by atoms with Crippen molar-refractivity contribution in [2.75, 3.05) is 5.32 Å². The van der Waals surface area contributed by atoms with Gasteiger partial charge in [0.05, 0.1) is 0 Å². The van der Waals surface area contributed by atoms with Gasteiger partial charge in [0, 0.05) is 16.7 Å². The number of amides is 1. The number of halogens is 1. The lowest BCUT2D eigenvalue weighted by Gasteiger charge is -1.93. The predicted molar refractivity (Wildman–Crippen MR) is 56.6 cm³/mol. The van der Waals surface area contributed by atoms with Gasteiger partial charge in [-0.2, -0.15) is 0 Å². The summed E-state index contributed by atoms with van der Waals surface area (Å²) >= 11 is 5.75. The zero-order chi connectivity index (χ0) is 10.7. The zero-order valence-electron chi connectivity index (χ0n) is 7.61. The fourth-order valence-electron chi connectivity index (χ4n) is 1.16. The highest BCUT2D eigenvalue weighted by molar-refractivity contribution is 6.30. The molecule has 0 aliphatic carbocycles. The van der Waals surface area contributed by atoms with Gasteiger partial charge in [-0.15, -0.1) is 0 Å². The van der Waals surface area contributed by atoms with Crippen molar-refractivity contribution in [3.05, 3.63) is 35.4 Å². The van der Waals surface area contributed by atoms with Crippen LogP contribution in [0.25, 0.3) is 11.3 Å². The number of benzene rings is 1. The summed E-state index contributed by atoms with van der Waals surface area (Å²) in [6.45, 7) is 0. The Morgan fingerprint density at radius 1 is 1.33 bits per heavy atom. The lowest BCUT2D eigenvalue weighted by Crippen LogP contribution is -1.89. The standard InChI is InChI=1S/C10H7ClN2O2/c11-8-3-1-7(2-4-8)9-5-10(12-6-14)15-13-9/h1-6H,(H,12,14).